The molecule has 0 radical (unpaired) electrons. The molecule has 1 unspecified atom stereocenters. The molecule has 1 aliphatic heterocycles. The third kappa shape index (κ3) is 3.83. The zero-order chi connectivity index (χ0) is 15.6. The van der Waals surface area contributed by atoms with Gasteiger partial charge in [0.1, 0.15) is 0 Å². The first kappa shape index (κ1) is 15.5. The maximum absolute atomic E-state index is 12.5. The van der Waals surface area contributed by atoms with Crippen LogP contribution in [0.3, 0.4) is 0 Å². The fraction of sp³-hybridized carbons (Fsp3) is 0.667. The molecular weight excluding hydrogens is 272 g/mol. The number of aromatic nitrogens is 1. The van der Waals surface area contributed by atoms with Crippen molar-refractivity contribution in [3.05, 3.63) is 17.5 Å². The molecule has 1 fully saturated rings. The second kappa shape index (κ2) is 5.87. The predicted octanol–water partition coefficient (Wildman–Crippen LogP) is 2.54. The van der Waals surface area contributed by atoms with Gasteiger partial charge in [-0.3, -0.25) is 9.59 Å². The van der Waals surface area contributed by atoms with Gasteiger partial charge in [0.25, 0.3) is 0 Å². The summed E-state index contributed by atoms with van der Waals surface area (Å²) in [6.45, 7) is 6.15. The van der Waals surface area contributed by atoms with Crippen molar-refractivity contribution in [3.8, 4) is 0 Å². The Balaban J connectivity index is 2.06. The molecule has 1 amide bonds. The Morgan fingerprint density at radius 2 is 2.19 bits per heavy atom. The van der Waals surface area contributed by atoms with Crippen LogP contribution >= 0.6 is 0 Å². The molecule has 0 spiro atoms. The number of carboxylic acids is 1. The van der Waals surface area contributed by atoms with Gasteiger partial charge < -0.3 is 14.5 Å². The molecule has 1 aromatic heterocycles. The zero-order valence-electron chi connectivity index (χ0n) is 12.8. The minimum absolute atomic E-state index is 0.0152. The molecule has 116 valence electrons. The summed E-state index contributed by atoms with van der Waals surface area (Å²) in [5.74, 6) is -0.177. The van der Waals surface area contributed by atoms with Crippen molar-refractivity contribution >= 4 is 11.9 Å². The van der Waals surface area contributed by atoms with Gasteiger partial charge in [-0.05, 0) is 25.2 Å². The molecule has 0 aliphatic carbocycles. The lowest BCUT2D eigenvalue weighted by Gasteiger charge is -2.28. The lowest BCUT2D eigenvalue weighted by molar-refractivity contribution is -0.141. The van der Waals surface area contributed by atoms with Gasteiger partial charge in [-0.1, -0.05) is 19.0 Å². The number of carboxylic acid groups (broad SMARTS) is 1. The van der Waals surface area contributed by atoms with Crippen molar-refractivity contribution < 1.29 is 19.2 Å². The molecule has 1 atom stereocenters. The number of rotatable bonds is 5. The van der Waals surface area contributed by atoms with Gasteiger partial charge in [-0.25, -0.2) is 0 Å². The Hall–Kier alpha value is -1.85. The molecule has 21 heavy (non-hydrogen) atoms. The molecule has 1 saturated heterocycles. The van der Waals surface area contributed by atoms with Gasteiger partial charge in [0.2, 0.25) is 5.91 Å². The van der Waals surface area contributed by atoms with Crippen LogP contribution in [-0.4, -0.2) is 33.6 Å². The van der Waals surface area contributed by atoms with E-state index < -0.39 is 11.4 Å². The summed E-state index contributed by atoms with van der Waals surface area (Å²) < 4.78 is 5.29. The summed E-state index contributed by atoms with van der Waals surface area (Å²) in [7, 11) is 0. The highest BCUT2D eigenvalue weighted by Crippen LogP contribution is 2.35. The van der Waals surface area contributed by atoms with Crippen LogP contribution in [0.15, 0.2) is 10.6 Å². The molecule has 1 aromatic rings. The third-order valence-electron chi connectivity index (χ3n) is 3.81. The lowest BCUT2D eigenvalue weighted by Crippen LogP contribution is -2.34. The topological polar surface area (TPSA) is 83.6 Å². The van der Waals surface area contributed by atoms with Crippen molar-refractivity contribution in [1.29, 1.82) is 0 Å². The first-order valence-corrected chi connectivity index (χ1v) is 7.23. The average molecular weight is 294 g/mol. The number of hydrogen-bond donors (Lipinski definition) is 1. The Morgan fingerprint density at radius 1 is 1.48 bits per heavy atom. The molecule has 1 N–H and O–H groups in total. The van der Waals surface area contributed by atoms with Crippen LogP contribution in [0.1, 0.15) is 57.0 Å². The van der Waals surface area contributed by atoms with Crippen LogP contribution in [0.2, 0.25) is 0 Å². The van der Waals surface area contributed by atoms with Gasteiger partial charge in [-0.2, -0.15) is 0 Å². The van der Waals surface area contributed by atoms with Crippen LogP contribution < -0.4 is 0 Å². The molecule has 0 aromatic carbocycles. The molecular formula is C15H22N2O4. The lowest BCUT2D eigenvalue weighted by atomic mass is 9.85. The summed E-state index contributed by atoms with van der Waals surface area (Å²) in [5, 5.41) is 12.8. The maximum atomic E-state index is 12.5. The van der Waals surface area contributed by atoms with E-state index in [9.17, 15) is 9.59 Å². The molecule has 2 rings (SSSR count). The van der Waals surface area contributed by atoms with E-state index >= 15 is 0 Å². The molecule has 0 saturated carbocycles. The Kier molecular flexibility index (Phi) is 4.34. The number of hydrogen-bond acceptors (Lipinski definition) is 4. The highest BCUT2D eigenvalue weighted by molar-refractivity contribution is 5.78. The Morgan fingerprint density at radius 3 is 2.76 bits per heavy atom. The summed E-state index contributed by atoms with van der Waals surface area (Å²) in [6.07, 6.45) is 2.00. The fourth-order valence-electron chi connectivity index (χ4n) is 2.88. The number of carbonyl (C=O) groups is 2. The van der Waals surface area contributed by atoms with Gasteiger partial charge >= 0.3 is 5.97 Å². The number of aliphatic carboxylic acids is 1. The monoisotopic (exact) mass is 294 g/mol. The first-order valence-electron chi connectivity index (χ1n) is 7.23. The SMILES string of the molecule is Cc1cc(C2CCCN2C(=O)CC(C)(C)CC(=O)O)on1. The smallest absolute Gasteiger partial charge is 0.303 e. The third-order valence-corrected chi connectivity index (χ3v) is 3.81. The van der Waals surface area contributed by atoms with E-state index in [0.717, 1.165) is 24.3 Å². The Bertz CT molecular complexity index is 536. The van der Waals surface area contributed by atoms with Crippen LogP contribution in [0.4, 0.5) is 0 Å². The average Bonchev–Trinajstić information content (AvgIpc) is 2.93. The second-order valence-electron chi connectivity index (χ2n) is 6.53. The van der Waals surface area contributed by atoms with Crippen molar-refractivity contribution in [1.82, 2.24) is 10.1 Å². The van der Waals surface area contributed by atoms with E-state index in [1.54, 1.807) is 4.90 Å². The summed E-state index contributed by atoms with van der Waals surface area (Å²) in [6, 6.07) is 1.79. The van der Waals surface area contributed by atoms with E-state index in [2.05, 4.69) is 5.16 Å². The highest BCUT2D eigenvalue weighted by atomic mass is 16.5. The van der Waals surface area contributed by atoms with Crippen LogP contribution in [0.5, 0.6) is 0 Å². The van der Waals surface area contributed by atoms with E-state index in [0.29, 0.717) is 6.54 Å². The molecule has 6 heteroatoms. The van der Waals surface area contributed by atoms with E-state index in [-0.39, 0.29) is 24.8 Å². The summed E-state index contributed by atoms with van der Waals surface area (Å²) in [5.41, 5.74) is 0.253. The number of amides is 1. The van der Waals surface area contributed by atoms with E-state index in [1.165, 1.54) is 0 Å². The van der Waals surface area contributed by atoms with Crippen molar-refractivity contribution in [2.24, 2.45) is 5.41 Å². The number of nitrogens with zero attached hydrogens (tertiary/aromatic N) is 2. The van der Waals surface area contributed by atoms with Gasteiger partial charge in [0, 0.05) is 19.0 Å². The van der Waals surface area contributed by atoms with Crippen LogP contribution in [0, 0.1) is 12.3 Å². The predicted molar refractivity (Wildman–Crippen MR) is 75.6 cm³/mol. The first-order chi connectivity index (χ1) is 9.78. The van der Waals surface area contributed by atoms with Gasteiger partial charge in [0.15, 0.2) is 5.76 Å². The number of likely N-dealkylation sites (tertiary alicyclic amines) is 1. The molecule has 0 bridgehead atoms. The number of carbonyl (C=O) groups excluding carboxylic acids is 1. The fourth-order valence-corrected chi connectivity index (χ4v) is 2.88. The molecule has 2 heterocycles. The molecule has 6 nitrogen and oxygen atoms in total. The second-order valence-corrected chi connectivity index (χ2v) is 6.53. The van der Waals surface area contributed by atoms with Crippen molar-refractivity contribution in [2.45, 2.75) is 52.5 Å². The van der Waals surface area contributed by atoms with Crippen LogP contribution in [-0.2, 0) is 9.59 Å². The van der Waals surface area contributed by atoms with Crippen molar-refractivity contribution in [3.63, 3.8) is 0 Å². The normalized spacial score (nSPS) is 19.0. The maximum Gasteiger partial charge on any atom is 0.303 e. The zero-order valence-corrected chi connectivity index (χ0v) is 12.8. The van der Waals surface area contributed by atoms with E-state index in [1.807, 2.05) is 26.8 Å². The standard InChI is InChI=1S/C15H22N2O4/c1-10-7-12(21-16-10)11-5-4-6-17(11)13(18)8-15(2,3)9-14(19)20/h7,11H,4-6,8-9H2,1-3H3,(H,19,20). The molecule has 1 aliphatic rings. The van der Waals surface area contributed by atoms with Crippen LogP contribution in [0.25, 0.3) is 0 Å². The van der Waals surface area contributed by atoms with Gasteiger partial charge in [-0.15, -0.1) is 0 Å². The minimum atomic E-state index is -0.878. The quantitative estimate of drug-likeness (QED) is 0.902. The largest absolute Gasteiger partial charge is 0.481 e. The highest BCUT2D eigenvalue weighted by Gasteiger charge is 2.35. The number of aryl methyl sites for hydroxylation is 1. The minimum Gasteiger partial charge on any atom is -0.481 e. The van der Waals surface area contributed by atoms with E-state index in [4.69, 9.17) is 9.63 Å². The van der Waals surface area contributed by atoms with Crippen molar-refractivity contribution in [2.75, 3.05) is 6.54 Å². The Labute approximate surface area is 124 Å². The van der Waals surface area contributed by atoms with Gasteiger partial charge in [0.05, 0.1) is 18.2 Å². The summed E-state index contributed by atoms with van der Waals surface area (Å²) >= 11 is 0. The summed E-state index contributed by atoms with van der Waals surface area (Å²) in [4.78, 5) is 25.2.